The van der Waals surface area contributed by atoms with Gasteiger partial charge in [0.05, 0.1) is 5.69 Å². The van der Waals surface area contributed by atoms with Gasteiger partial charge in [-0.25, -0.2) is 4.39 Å². The minimum absolute atomic E-state index is 0.111. The quantitative estimate of drug-likeness (QED) is 0.511. The van der Waals surface area contributed by atoms with E-state index in [0.29, 0.717) is 5.56 Å². The third-order valence-corrected chi connectivity index (χ3v) is 4.07. The van der Waals surface area contributed by atoms with Crippen LogP contribution in [-0.2, 0) is 0 Å². The summed E-state index contributed by atoms with van der Waals surface area (Å²) in [6.45, 7) is 0. The zero-order valence-corrected chi connectivity index (χ0v) is 15.3. The van der Waals surface area contributed by atoms with Crippen molar-refractivity contribution in [2.24, 2.45) is 0 Å². The maximum atomic E-state index is 13.7. The summed E-state index contributed by atoms with van der Waals surface area (Å²) in [5, 5.41) is 5.23. The van der Waals surface area contributed by atoms with Gasteiger partial charge in [0.1, 0.15) is 12.0 Å². The Labute approximate surface area is 156 Å². The fraction of sp³-hybridized carbons (Fsp3) is 0.133. The van der Waals surface area contributed by atoms with Gasteiger partial charge in [0, 0.05) is 10.0 Å². The Morgan fingerprint density at radius 3 is 2.26 bits per heavy atom. The van der Waals surface area contributed by atoms with Crippen molar-refractivity contribution in [3.8, 4) is 0 Å². The number of para-hydroxylation sites is 1. The molecular weight excluding hydrogens is 429 g/mol. The molecule has 2 N–H and O–H groups in total. The molecule has 1 atom stereocenters. The third kappa shape index (κ3) is 5.24. The molecule has 0 heterocycles. The number of amides is 1. The van der Waals surface area contributed by atoms with Crippen LogP contribution in [0.15, 0.2) is 53.0 Å². The monoisotopic (exact) mass is 438 g/mol. The number of nitrogens with one attached hydrogen (secondary N) is 2. The maximum Gasteiger partial charge on any atom is 0.252 e. The SMILES string of the molecule is O=C(N[C@@H](Nc1ccccc1F)C(Cl)(Cl)Cl)c1ccc(Br)cc1. The van der Waals surface area contributed by atoms with Gasteiger partial charge in [-0.15, -0.1) is 0 Å². The molecule has 122 valence electrons. The topological polar surface area (TPSA) is 41.1 Å². The van der Waals surface area contributed by atoms with Crippen LogP contribution in [0.2, 0.25) is 0 Å². The Morgan fingerprint density at radius 1 is 1.09 bits per heavy atom. The second-order valence-corrected chi connectivity index (χ2v) is 7.86. The molecule has 0 aromatic heterocycles. The van der Waals surface area contributed by atoms with Crippen molar-refractivity contribution in [1.29, 1.82) is 0 Å². The van der Waals surface area contributed by atoms with Crippen LogP contribution < -0.4 is 10.6 Å². The highest BCUT2D eigenvalue weighted by Gasteiger charge is 2.34. The summed E-state index contributed by atoms with van der Waals surface area (Å²) < 4.78 is 12.7. The molecule has 0 aliphatic heterocycles. The van der Waals surface area contributed by atoms with Gasteiger partial charge in [0.25, 0.3) is 5.91 Å². The number of carbonyl (C=O) groups is 1. The minimum Gasteiger partial charge on any atom is -0.359 e. The van der Waals surface area contributed by atoms with E-state index in [9.17, 15) is 9.18 Å². The van der Waals surface area contributed by atoms with Crippen LogP contribution in [0.1, 0.15) is 10.4 Å². The first-order valence-electron chi connectivity index (χ1n) is 6.41. The first-order valence-corrected chi connectivity index (χ1v) is 8.34. The second kappa shape index (κ2) is 7.71. The van der Waals surface area contributed by atoms with Crippen molar-refractivity contribution in [1.82, 2.24) is 5.32 Å². The Kier molecular flexibility index (Phi) is 6.14. The predicted molar refractivity (Wildman–Crippen MR) is 95.7 cm³/mol. The van der Waals surface area contributed by atoms with Gasteiger partial charge in [-0.05, 0) is 36.4 Å². The molecule has 0 bridgehead atoms. The van der Waals surface area contributed by atoms with Crippen molar-refractivity contribution in [3.05, 3.63) is 64.4 Å². The van der Waals surface area contributed by atoms with E-state index in [1.807, 2.05) is 0 Å². The average Bonchev–Trinajstić information content (AvgIpc) is 2.48. The number of hydrogen-bond donors (Lipinski definition) is 2. The van der Waals surface area contributed by atoms with Crippen LogP contribution >= 0.6 is 50.7 Å². The minimum atomic E-state index is -1.88. The van der Waals surface area contributed by atoms with Gasteiger partial charge >= 0.3 is 0 Å². The van der Waals surface area contributed by atoms with Gasteiger partial charge in [0.2, 0.25) is 3.79 Å². The number of halogens is 5. The van der Waals surface area contributed by atoms with Crippen molar-refractivity contribution >= 4 is 62.3 Å². The second-order valence-electron chi connectivity index (χ2n) is 4.58. The van der Waals surface area contributed by atoms with Gasteiger partial charge in [-0.2, -0.15) is 0 Å². The molecule has 0 fully saturated rings. The van der Waals surface area contributed by atoms with E-state index in [2.05, 4.69) is 26.6 Å². The number of carbonyl (C=O) groups excluding carboxylic acids is 1. The normalized spacial score (nSPS) is 12.6. The molecule has 0 aliphatic carbocycles. The van der Waals surface area contributed by atoms with E-state index in [0.717, 1.165) is 4.47 Å². The predicted octanol–water partition coefficient (Wildman–Crippen LogP) is 5.13. The van der Waals surface area contributed by atoms with Crippen LogP contribution in [-0.4, -0.2) is 15.9 Å². The van der Waals surface area contributed by atoms with Crippen LogP contribution in [0, 0.1) is 5.82 Å². The molecule has 1 amide bonds. The van der Waals surface area contributed by atoms with Crippen molar-refractivity contribution < 1.29 is 9.18 Å². The summed E-state index contributed by atoms with van der Waals surface area (Å²) in [4.78, 5) is 12.3. The fourth-order valence-electron chi connectivity index (χ4n) is 1.75. The Bertz CT molecular complexity index is 692. The van der Waals surface area contributed by atoms with Crippen LogP contribution in [0.25, 0.3) is 0 Å². The van der Waals surface area contributed by atoms with Gasteiger partial charge in [0.15, 0.2) is 0 Å². The summed E-state index contributed by atoms with van der Waals surface area (Å²) in [5.74, 6) is -0.984. The third-order valence-electron chi connectivity index (χ3n) is 2.88. The Balaban J connectivity index is 2.18. The lowest BCUT2D eigenvalue weighted by Crippen LogP contribution is -2.49. The molecule has 2 rings (SSSR count). The molecule has 2 aromatic carbocycles. The van der Waals surface area contributed by atoms with Crippen molar-refractivity contribution in [3.63, 3.8) is 0 Å². The van der Waals surface area contributed by atoms with E-state index < -0.39 is 21.7 Å². The summed E-state index contributed by atoms with van der Waals surface area (Å²) in [6, 6.07) is 12.5. The molecule has 0 saturated heterocycles. The molecule has 0 aliphatic rings. The standard InChI is InChI=1S/C15H11BrCl3FN2O/c16-10-7-5-9(6-8-10)13(23)22-14(15(17,18)19)21-12-4-2-1-3-11(12)20/h1-8,14,21H,(H,22,23)/t14-/m1/s1. The zero-order chi connectivity index (χ0) is 17.0. The van der Waals surface area contributed by atoms with Crippen LogP contribution in [0.5, 0.6) is 0 Å². The molecule has 0 saturated carbocycles. The molecular formula is C15H11BrCl3FN2O. The Morgan fingerprint density at radius 2 is 1.70 bits per heavy atom. The van der Waals surface area contributed by atoms with Gasteiger partial charge in [-0.3, -0.25) is 4.79 Å². The summed E-state index contributed by atoms with van der Waals surface area (Å²) in [7, 11) is 0. The van der Waals surface area contributed by atoms with E-state index in [1.54, 1.807) is 30.3 Å². The molecule has 0 unspecified atom stereocenters. The first-order chi connectivity index (χ1) is 10.8. The molecule has 23 heavy (non-hydrogen) atoms. The van der Waals surface area contributed by atoms with E-state index in [1.165, 1.54) is 18.2 Å². The van der Waals surface area contributed by atoms with E-state index >= 15 is 0 Å². The molecule has 0 radical (unpaired) electrons. The van der Waals surface area contributed by atoms with Crippen molar-refractivity contribution in [2.45, 2.75) is 9.96 Å². The van der Waals surface area contributed by atoms with Crippen LogP contribution in [0.3, 0.4) is 0 Å². The van der Waals surface area contributed by atoms with Crippen LogP contribution in [0.4, 0.5) is 10.1 Å². The lowest BCUT2D eigenvalue weighted by atomic mass is 10.2. The highest BCUT2D eigenvalue weighted by Crippen LogP contribution is 2.31. The average molecular weight is 441 g/mol. The maximum absolute atomic E-state index is 13.7. The molecule has 8 heteroatoms. The van der Waals surface area contributed by atoms with E-state index in [4.69, 9.17) is 34.8 Å². The zero-order valence-electron chi connectivity index (χ0n) is 11.5. The fourth-order valence-corrected chi connectivity index (χ4v) is 2.34. The lowest BCUT2D eigenvalue weighted by Gasteiger charge is -2.27. The molecule has 2 aromatic rings. The largest absolute Gasteiger partial charge is 0.359 e. The number of hydrogen-bond acceptors (Lipinski definition) is 2. The highest BCUT2D eigenvalue weighted by molar-refractivity contribution is 9.10. The van der Waals surface area contributed by atoms with Gasteiger partial charge < -0.3 is 10.6 Å². The van der Waals surface area contributed by atoms with E-state index in [-0.39, 0.29) is 5.69 Å². The summed E-state index contributed by atoms with van der Waals surface area (Å²) in [5.41, 5.74) is 0.489. The lowest BCUT2D eigenvalue weighted by molar-refractivity contribution is 0.0941. The number of alkyl halides is 3. The molecule has 0 spiro atoms. The number of benzene rings is 2. The highest BCUT2D eigenvalue weighted by atomic mass is 79.9. The number of rotatable bonds is 4. The smallest absolute Gasteiger partial charge is 0.252 e. The Hall–Kier alpha value is -1.01. The van der Waals surface area contributed by atoms with Crippen molar-refractivity contribution in [2.75, 3.05) is 5.32 Å². The number of anilines is 1. The summed E-state index contributed by atoms with van der Waals surface area (Å²) >= 11 is 20.9. The molecule has 3 nitrogen and oxygen atoms in total. The first kappa shape index (κ1) is 18.3. The van der Waals surface area contributed by atoms with Gasteiger partial charge in [-0.1, -0.05) is 62.9 Å². The summed E-state index contributed by atoms with van der Waals surface area (Å²) in [6.07, 6.45) is -1.12.